The van der Waals surface area contributed by atoms with E-state index in [0.717, 1.165) is 6.42 Å². The molecule has 0 heterocycles. The lowest BCUT2D eigenvalue weighted by Crippen LogP contribution is -2.14. The summed E-state index contributed by atoms with van der Waals surface area (Å²) in [5.74, 6) is 1.14. The minimum Gasteiger partial charge on any atom is -0.293 e. The van der Waals surface area contributed by atoms with Crippen LogP contribution in [0.4, 0.5) is 0 Å². The molecule has 0 aromatic heterocycles. The summed E-state index contributed by atoms with van der Waals surface area (Å²) in [4.78, 5) is 11.8. The summed E-state index contributed by atoms with van der Waals surface area (Å²) in [5, 5.41) is 0.600. The summed E-state index contributed by atoms with van der Waals surface area (Å²) in [6.45, 7) is 4.16. The number of ketones is 1. The van der Waals surface area contributed by atoms with Crippen molar-refractivity contribution < 1.29 is 9.00 Å². The number of hydrogen-bond acceptors (Lipinski definition) is 2. The number of rotatable bonds is 6. The van der Waals surface area contributed by atoms with E-state index in [9.17, 15) is 9.00 Å². The van der Waals surface area contributed by atoms with Gasteiger partial charge in [0.1, 0.15) is 0 Å². The Morgan fingerprint density at radius 3 is 2.41 bits per heavy atom. The maximum Gasteiger partial charge on any atom is 0.175 e. The predicted octanol–water partition coefficient (Wildman–Crippen LogP) is 3.32. The van der Waals surface area contributed by atoms with Crippen LogP contribution in [0.25, 0.3) is 0 Å². The van der Waals surface area contributed by atoms with Gasteiger partial charge in [0.25, 0.3) is 0 Å². The number of halogens is 1. The third-order valence-corrected chi connectivity index (χ3v) is 3.91. The van der Waals surface area contributed by atoms with Crippen molar-refractivity contribution in [3.63, 3.8) is 0 Å². The largest absolute Gasteiger partial charge is 0.293 e. The van der Waals surface area contributed by atoms with Gasteiger partial charge in [-0.05, 0) is 36.6 Å². The van der Waals surface area contributed by atoms with Gasteiger partial charge in [0.2, 0.25) is 0 Å². The Morgan fingerprint density at radius 1 is 1.29 bits per heavy atom. The minimum atomic E-state index is -1.06. The molecule has 0 N–H and O–H groups in total. The quantitative estimate of drug-likeness (QED) is 0.745. The second-order valence-corrected chi connectivity index (χ2v) is 6.41. The highest BCUT2D eigenvalue weighted by molar-refractivity contribution is 7.85. The Hall–Kier alpha value is -0.670. The number of Topliss-reactive ketones (excluding diaryl/α,β-unsaturated/α-hetero) is 1. The molecule has 4 heteroatoms. The standard InChI is InChI=1S/C13H17ClO2S/c1-10(2)7-8-17(16)9-13(15)11-3-5-12(14)6-4-11/h3-6,10H,7-9H2,1-2H3. The average Bonchev–Trinajstić information content (AvgIpc) is 2.27. The normalized spacial score (nSPS) is 12.7. The minimum absolute atomic E-state index is 0.0799. The topological polar surface area (TPSA) is 34.1 Å². The zero-order valence-corrected chi connectivity index (χ0v) is 11.7. The monoisotopic (exact) mass is 272 g/mol. The van der Waals surface area contributed by atoms with Gasteiger partial charge in [-0.15, -0.1) is 0 Å². The van der Waals surface area contributed by atoms with E-state index in [1.165, 1.54) is 0 Å². The zero-order chi connectivity index (χ0) is 12.8. The van der Waals surface area contributed by atoms with Gasteiger partial charge < -0.3 is 0 Å². The van der Waals surface area contributed by atoms with Crippen LogP contribution in [0, 0.1) is 5.92 Å². The molecule has 0 aliphatic rings. The first-order valence-electron chi connectivity index (χ1n) is 5.62. The maximum absolute atomic E-state index is 11.8. The highest BCUT2D eigenvalue weighted by atomic mass is 35.5. The van der Waals surface area contributed by atoms with Crippen LogP contribution in [-0.4, -0.2) is 21.5 Å². The molecule has 1 aromatic rings. The van der Waals surface area contributed by atoms with Crippen molar-refractivity contribution in [1.29, 1.82) is 0 Å². The second-order valence-electron chi connectivity index (χ2n) is 4.40. The summed E-state index contributed by atoms with van der Waals surface area (Å²) in [6, 6.07) is 6.69. The van der Waals surface area contributed by atoms with Gasteiger partial charge in [0.05, 0.1) is 5.75 Å². The van der Waals surface area contributed by atoms with Crippen LogP contribution in [0.1, 0.15) is 30.6 Å². The molecule has 0 fully saturated rings. The maximum atomic E-state index is 11.8. The summed E-state index contributed by atoms with van der Waals surface area (Å²) >= 11 is 5.74. The first-order chi connectivity index (χ1) is 7.99. The Balaban J connectivity index is 2.49. The van der Waals surface area contributed by atoms with E-state index in [1.54, 1.807) is 24.3 Å². The Labute approximate surface area is 110 Å². The van der Waals surface area contributed by atoms with Crippen molar-refractivity contribution in [2.45, 2.75) is 20.3 Å². The molecule has 1 rings (SSSR count). The van der Waals surface area contributed by atoms with Gasteiger partial charge >= 0.3 is 0 Å². The van der Waals surface area contributed by atoms with Gasteiger partial charge in [-0.25, -0.2) is 0 Å². The van der Waals surface area contributed by atoms with Crippen molar-refractivity contribution in [2.75, 3.05) is 11.5 Å². The highest BCUT2D eigenvalue weighted by Gasteiger charge is 2.10. The Bertz CT molecular complexity index is 398. The van der Waals surface area contributed by atoms with Crippen LogP contribution in [0.3, 0.4) is 0 Å². The number of hydrogen-bond donors (Lipinski definition) is 0. The van der Waals surface area contributed by atoms with Crippen LogP contribution in [0.15, 0.2) is 24.3 Å². The van der Waals surface area contributed by atoms with Crippen molar-refractivity contribution in [2.24, 2.45) is 5.92 Å². The lowest BCUT2D eigenvalue weighted by Gasteiger charge is -2.04. The zero-order valence-electron chi connectivity index (χ0n) is 10.1. The predicted molar refractivity (Wildman–Crippen MR) is 73.1 cm³/mol. The molecule has 1 unspecified atom stereocenters. The first kappa shape index (κ1) is 14.4. The van der Waals surface area contributed by atoms with E-state index < -0.39 is 10.8 Å². The van der Waals surface area contributed by atoms with Gasteiger partial charge in [-0.2, -0.15) is 0 Å². The molecule has 0 aliphatic carbocycles. The van der Waals surface area contributed by atoms with E-state index in [4.69, 9.17) is 11.6 Å². The molecular weight excluding hydrogens is 256 g/mol. The summed E-state index contributed by atoms with van der Waals surface area (Å²) < 4.78 is 11.7. The smallest absolute Gasteiger partial charge is 0.175 e. The summed E-state index contributed by atoms with van der Waals surface area (Å²) in [6.07, 6.45) is 0.889. The van der Waals surface area contributed by atoms with Crippen LogP contribution in [0.2, 0.25) is 5.02 Å². The fraction of sp³-hybridized carbons (Fsp3) is 0.462. The molecule has 0 saturated heterocycles. The Morgan fingerprint density at radius 2 is 1.88 bits per heavy atom. The third-order valence-electron chi connectivity index (χ3n) is 2.38. The number of carbonyl (C=O) groups excluding carboxylic acids is 1. The highest BCUT2D eigenvalue weighted by Crippen LogP contribution is 2.10. The number of carbonyl (C=O) groups is 1. The van der Waals surface area contributed by atoms with Gasteiger partial charge in [0, 0.05) is 27.1 Å². The molecule has 0 bridgehead atoms. The van der Waals surface area contributed by atoms with E-state index >= 15 is 0 Å². The number of benzene rings is 1. The van der Waals surface area contributed by atoms with Crippen molar-refractivity contribution >= 4 is 28.2 Å². The van der Waals surface area contributed by atoms with E-state index in [-0.39, 0.29) is 11.5 Å². The molecule has 0 saturated carbocycles. The molecule has 1 atom stereocenters. The summed E-state index contributed by atoms with van der Waals surface area (Å²) in [7, 11) is -1.06. The fourth-order valence-corrected chi connectivity index (χ4v) is 2.77. The molecule has 17 heavy (non-hydrogen) atoms. The Kier molecular flexibility index (Phi) is 5.86. The molecular formula is C13H17ClO2S. The molecule has 0 spiro atoms. The van der Waals surface area contributed by atoms with Crippen LogP contribution in [-0.2, 0) is 10.8 Å². The van der Waals surface area contributed by atoms with E-state index in [2.05, 4.69) is 13.8 Å². The average molecular weight is 273 g/mol. The van der Waals surface area contributed by atoms with Crippen molar-refractivity contribution in [3.05, 3.63) is 34.9 Å². The lowest BCUT2D eigenvalue weighted by molar-refractivity contribution is 0.102. The first-order valence-corrected chi connectivity index (χ1v) is 7.49. The molecule has 94 valence electrons. The SMILES string of the molecule is CC(C)CCS(=O)CC(=O)c1ccc(Cl)cc1. The second kappa shape index (κ2) is 6.92. The third kappa shape index (κ3) is 5.46. The van der Waals surface area contributed by atoms with Crippen molar-refractivity contribution in [3.8, 4) is 0 Å². The van der Waals surface area contributed by atoms with Crippen LogP contribution < -0.4 is 0 Å². The lowest BCUT2D eigenvalue weighted by atomic mass is 10.1. The van der Waals surface area contributed by atoms with Crippen LogP contribution >= 0.6 is 11.6 Å². The molecule has 0 aliphatic heterocycles. The van der Waals surface area contributed by atoms with Gasteiger partial charge in [-0.3, -0.25) is 9.00 Å². The molecule has 0 amide bonds. The molecule has 0 radical (unpaired) electrons. The van der Waals surface area contributed by atoms with E-state index in [1.807, 2.05) is 0 Å². The fourth-order valence-electron chi connectivity index (χ4n) is 1.30. The van der Waals surface area contributed by atoms with Gasteiger partial charge in [0.15, 0.2) is 5.78 Å². The molecule has 2 nitrogen and oxygen atoms in total. The van der Waals surface area contributed by atoms with Gasteiger partial charge in [-0.1, -0.05) is 25.4 Å². The van der Waals surface area contributed by atoms with E-state index in [0.29, 0.717) is 22.3 Å². The van der Waals surface area contributed by atoms with Crippen LogP contribution in [0.5, 0.6) is 0 Å². The van der Waals surface area contributed by atoms with Crippen molar-refractivity contribution in [1.82, 2.24) is 0 Å². The summed E-state index contributed by atoms with van der Waals surface area (Å²) in [5.41, 5.74) is 0.576. The molecule has 1 aromatic carbocycles.